The van der Waals surface area contributed by atoms with E-state index in [1.807, 2.05) is 26.0 Å². The van der Waals surface area contributed by atoms with Gasteiger partial charge in [0.05, 0.1) is 12.7 Å². The lowest BCUT2D eigenvalue weighted by Crippen LogP contribution is -2.04. The third-order valence-electron chi connectivity index (χ3n) is 3.21. The van der Waals surface area contributed by atoms with E-state index in [1.165, 1.54) is 12.1 Å². The minimum atomic E-state index is -1.14. The highest BCUT2D eigenvalue weighted by molar-refractivity contribution is 5.84. The Labute approximate surface area is 128 Å². The lowest BCUT2D eigenvalue weighted by molar-refractivity contribution is 0.0660. The second-order valence-corrected chi connectivity index (χ2v) is 5.15. The zero-order valence-corrected chi connectivity index (χ0v) is 12.5. The summed E-state index contributed by atoms with van der Waals surface area (Å²) < 4.78 is 10.8. The van der Waals surface area contributed by atoms with E-state index < -0.39 is 11.9 Å². The van der Waals surface area contributed by atoms with Crippen LogP contribution < -0.4 is 4.74 Å². The van der Waals surface area contributed by atoms with Crippen LogP contribution in [0.3, 0.4) is 0 Å². The average molecular weight is 299 g/mol. The van der Waals surface area contributed by atoms with Crippen LogP contribution in [0.1, 0.15) is 39.8 Å². The zero-order chi connectivity index (χ0) is 16.1. The number of carboxylic acid groups (broad SMARTS) is 1. The van der Waals surface area contributed by atoms with Crippen molar-refractivity contribution in [3.8, 4) is 11.8 Å². The number of aryl methyl sites for hydroxylation is 2. The molecule has 22 heavy (non-hydrogen) atoms. The highest BCUT2D eigenvalue weighted by Gasteiger charge is 2.17. The fourth-order valence-corrected chi connectivity index (χ4v) is 2.24. The monoisotopic (exact) mass is 299 g/mol. The normalized spacial score (nSPS) is 11.7. The molecule has 2 aromatic rings. The van der Waals surface area contributed by atoms with Gasteiger partial charge in [0.15, 0.2) is 0 Å². The van der Waals surface area contributed by atoms with E-state index in [-0.39, 0.29) is 5.76 Å². The number of benzene rings is 1. The molecule has 0 aliphatic carbocycles. The molecule has 1 aromatic carbocycles. The summed E-state index contributed by atoms with van der Waals surface area (Å²) in [5.74, 6) is -0.720. The Morgan fingerprint density at radius 1 is 1.32 bits per heavy atom. The number of aromatic carboxylic acids is 1. The molecule has 5 nitrogen and oxygen atoms in total. The maximum Gasteiger partial charge on any atom is 0.371 e. The van der Waals surface area contributed by atoms with E-state index >= 15 is 0 Å². The molecular weight excluding hydrogens is 282 g/mol. The Morgan fingerprint density at radius 3 is 2.55 bits per heavy atom. The van der Waals surface area contributed by atoms with Crippen LogP contribution >= 0.6 is 0 Å². The van der Waals surface area contributed by atoms with E-state index in [2.05, 4.69) is 12.1 Å². The zero-order valence-electron chi connectivity index (χ0n) is 12.5. The van der Waals surface area contributed by atoms with E-state index in [9.17, 15) is 10.1 Å². The summed E-state index contributed by atoms with van der Waals surface area (Å²) in [5, 5.41) is 18.0. The molecule has 1 heterocycles. The van der Waals surface area contributed by atoms with E-state index in [1.54, 1.807) is 0 Å². The number of rotatable bonds is 6. The van der Waals surface area contributed by atoms with Crippen LogP contribution in [0.5, 0.6) is 5.75 Å². The van der Waals surface area contributed by atoms with Gasteiger partial charge < -0.3 is 14.3 Å². The molecule has 1 atom stereocenters. The predicted octanol–water partition coefficient (Wildman–Crippen LogP) is 3.67. The molecule has 1 N–H and O–H groups in total. The van der Waals surface area contributed by atoms with Gasteiger partial charge in [0.25, 0.3) is 0 Å². The van der Waals surface area contributed by atoms with Crippen molar-refractivity contribution < 1.29 is 19.1 Å². The van der Waals surface area contributed by atoms with Gasteiger partial charge in [-0.15, -0.1) is 0 Å². The van der Waals surface area contributed by atoms with Gasteiger partial charge in [-0.3, -0.25) is 0 Å². The first-order valence-electron chi connectivity index (χ1n) is 6.93. The number of furan rings is 1. The Hall–Kier alpha value is -2.74. The Bertz CT molecular complexity index is 691. The maximum absolute atomic E-state index is 10.8. The lowest BCUT2D eigenvalue weighted by Gasteiger charge is -2.10. The van der Waals surface area contributed by atoms with E-state index in [0.717, 1.165) is 16.9 Å². The van der Waals surface area contributed by atoms with Crippen molar-refractivity contribution in [2.24, 2.45) is 0 Å². The molecule has 1 unspecified atom stereocenters. The van der Waals surface area contributed by atoms with Gasteiger partial charge in [-0.1, -0.05) is 6.07 Å². The molecule has 1 aromatic heterocycles. The largest absolute Gasteiger partial charge is 0.494 e. The van der Waals surface area contributed by atoms with Crippen LogP contribution in [-0.4, -0.2) is 17.7 Å². The minimum absolute atomic E-state index is 0.162. The van der Waals surface area contributed by atoms with Crippen molar-refractivity contribution in [2.45, 2.75) is 26.2 Å². The minimum Gasteiger partial charge on any atom is -0.494 e. The van der Waals surface area contributed by atoms with Gasteiger partial charge in [-0.25, -0.2) is 4.79 Å². The molecule has 0 bridgehead atoms. The Morgan fingerprint density at radius 2 is 2.00 bits per heavy atom. The second-order valence-electron chi connectivity index (χ2n) is 5.15. The molecule has 0 amide bonds. The molecule has 0 aliphatic heterocycles. The molecule has 0 saturated heterocycles. The van der Waals surface area contributed by atoms with Crippen molar-refractivity contribution in [1.82, 2.24) is 0 Å². The maximum atomic E-state index is 10.8. The summed E-state index contributed by atoms with van der Waals surface area (Å²) in [6.45, 7) is 4.34. The van der Waals surface area contributed by atoms with Crippen molar-refractivity contribution in [3.05, 3.63) is 53.0 Å². The molecule has 0 radical (unpaired) electrons. The van der Waals surface area contributed by atoms with Gasteiger partial charge >= 0.3 is 5.97 Å². The number of ether oxygens (including phenoxy) is 1. The predicted molar refractivity (Wildman–Crippen MR) is 80.0 cm³/mol. The lowest BCUT2D eigenvalue weighted by atomic mass is 10.1. The topological polar surface area (TPSA) is 83.5 Å². The van der Waals surface area contributed by atoms with Gasteiger partial charge in [0.1, 0.15) is 17.4 Å². The number of nitriles is 1. The summed E-state index contributed by atoms with van der Waals surface area (Å²) in [6, 6.07) is 10.9. The molecule has 0 saturated carbocycles. The van der Waals surface area contributed by atoms with E-state index in [4.69, 9.17) is 14.3 Å². The molecule has 5 heteroatoms. The number of carbonyl (C=O) groups is 1. The summed E-state index contributed by atoms with van der Waals surface area (Å²) in [5.41, 5.74) is 2.23. The Kier molecular flexibility index (Phi) is 4.84. The molecule has 114 valence electrons. The van der Waals surface area contributed by atoms with Crippen LogP contribution in [0, 0.1) is 25.2 Å². The third kappa shape index (κ3) is 3.89. The van der Waals surface area contributed by atoms with Crippen LogP contribution in [0.2, 0.25) is 0 Å². The van der Waals surface area contributed by atoms with Crippen molar-refractivity contribution in [3.63, 3.8) is 0 Å². The average Bonchev–Trinajstić information content (AvgIpc) is 2.92. The van der Waals surface area contributed by atoms with Crippen molar-refractivity contribution >= 4 is 5.97 Å². The first-order chi connectivity index (χ1) is 10.5. The summed E-state index contributed by atoms with van der Waals surface area (Å²) in [7, 11) is 0. The molecule has 0 spiro atoms. The number of hydrogen-bond donors (Lipinski definition) is 1. The first-order valence-corrected chi connectivity index (χ1v) is 6.93. The van der Waals surface area contributed by atoms with E-state index in [0.29, 0.717) is 18.8 Å². The second kappa shape index (κ2) is 6.81. The van der Waals surface area contributed by atoms with Gasteiger partial charge in [-0.05, 0) is 49.2 Å². The quantitative estimate of drug-likeness (QED) is 0.879. The van der Waals surface area contributed by atoms with Crippen molar-refractivity contribution in [2.75, 3.05) is 6.61 Å². The number of nitrogens with zero attached hydrogens (tertiary/aromatic N) is 1. The standard InChI is InChI=1S/C17H17NO4/c1-11-7-12(2)9-14(8-11)21-6-5-13(10-18)15-3-4-16(22-15)17(19)20/h3-4,7-9,13H,5-6H2,1-2H3,(H,19,20). The highest BCUT2D eigenvalue weighted by atomic mass is 16.5. The summed E-state index contributed by atoms with van der Waals surface area (Å²) >= 11 is 0. The summed E-state index contributed by atoms with van der Waals surface area (Å²) in [6.07, 6.45) is 0.427. The summed E-state index contributed by atoms with van der Waals surface area (Å²) in [4.78, 5) is 10.8. The number of carboxylic acids is 1. The molecular formula is C17H17NO4. The molecule has 0 aliphatic rings. The third-order valence-corrected chi connectivity index (χ3v) is 3.21. The first kappa shape index (κ1) is 15.6. The van der Waals surface area contributed by atoms with Crippen LogP contribution in [0.15, 0.2) is 34.7 Å². The van der Waals surface area contributed by atoms with Crippen LogP contribution in [-0.2, 0) is 0 Å². The SMILES string of the molecule is Cc1cc(C)cc(OCCC(C#N)c2ccc(C(=O)O)o2)c1. The Balaban J connectivity index is 1.96. The van der Waals surface area contributed by atoms with Gasteiger partial charge in [-0.2, -0.15) is 5.26 Å². The molecule has 2 rings (SSSR count). The highest BCUT2D eigenvalue weighted by Crippen LogP contribution is 2.23. The van der Waals surface area contributed by atoms with Gasteiger partial charge in [0.2, 0.25) is 5.76 Å². The van der Waals surface area contributed by atoms with Crippen LogP contribution in [0.25, 0.3) is 0 Å². The number of hydrogen-bond acceptors (Lipinski definition) is 4. The fourth-order valence-electron chi connectivity index (χ4n) is 2.24. The fraction of sp³-hybridized carbons (Fsp3) is 0.294. The smallest absolute Gasteiger partial charge is 0.371 e. The van der Waals surface area contributed by atoms with Crippen molar-refractivity contribution in [1.29, 1.82) is 5.26 Å². The van der Waals surface area contributed by atoms with Crippen LogP contribution in [0.4, 0.5) is 0 Å². The van der Waals surface area contributed by atoms with Gasteiger partial charge in [0, 0.05) is 6.42 Å². The molecule has 0 fully saturated rings.